The van der Waals surface area contributed by atoms with Crippen LogP contribution in [0.25, 0.3) is 0 Å². The van der Waals surface area contributed by atoms with E-state index in [1.54, 1.807) is 36.1 Å². The number of piperidine rings is 1. The van der Waals surface area contributed by atoms with Gasteiger partial charge in [-0.2, -0.15) is 0 Å². The second kappa shape index (κ2) is 6.52. The van der Waals surface area contributed by atoms with Crippen LogP contribution in [0.3, 0.4) is 0 Å². The molecule has 1 fully saturated rings. The summed E-state index contributed by atoms with van der Waals surface area (Å²) in [6.07, 6.45) is 1.43. The summed E-state index contributed by atoms with van der Waals surface area (Å²) < 4.78 is 4.99. The number of hydrogen-bond donors (Lipinski definition) is 0. The van der Waals surface area contributed by atoms with E-state index in [9.17, 15) is 14.4 Å². The predicted molar refractivity (Wildman–Crippen MR) is 77.1 cm³/mol. The third-order valence-electron chi connectivity index (χ3n) is 3.70. The maximum atomic E-state index is 12.4. The third kappa shape index (κ3) is 3.90. The number of ketones is 1. The fourth-order valence-electron chi connectivity index (χ4n) is 2.53. The summed E-state index contributed by atoms with van der Waals surface area (Å²) >= 11 is 0. The summed E-state index contributed by atoms with van der Waals surface area (Å²) in [5.74, 6) is 0.125. The van der Waals surface area contributed by atoms with Crippen LogP contribution in [0.4, 0.5) is 0 Å². The largest absolute Gasteiger partial charge is 0.427 e. The Balaban J connectivity index is 2.04. The molecule has 1 aliphatic rings. The van der Waals surface area contributed by atoms with E-state index in [0.29, 0.717) is 37.2 Å². The van der Waals surface area contributed by atoms with Gasteiger partial charge in [0.05, 0.1) is 0 Å². The fraction of sp³-hybridized carbons (Fsp3) is 0.438. The number of benzene rings is 1. The van der Waals surface area contributed by atoms with Gasteiger partial charge in [0.1, 0.15) is 11.5 Å². The van der Waals surface area contributed by atoms with Crippen LogP contribution in [0, 0.1) is 5.92 Å². The number of ether oxygens (including phenoxy) is 1. The Morgan fingerprint density at radius 3 is 2.38 bits per heavy atom. The molecule has 0 bridgehead atoms. The van der Waals surface area contributed by atoms with Gasteiger partial charge in [0.2, 0.25) is 0 Å². The summed E-state index contributed by atoms with van der Waals surface area (Å²) in [5.41, 5.74) is 0.495. The standard InChI is InChI=1S/C16H19NO4/c1-11(18)13-6-8-17(9-7-13)16(20)14-4-3-5-15(10-14)21-12(2)19/h3-5,10,13H,6-9H2,1-2H3. The minimum absolute atomic E-state index is 0.0708. The van der Waals surface area contributed by atoms with Crippen molar-refractivity contribution in [2.75, 3.05) is 13.1 Å². The number of rotatable bonds is 3. The summed E-state index contributed by atoms with van der Waals surface area (Å²) in [5, 5.41) is 0. The molecule has 0 unspecified atom stereocenters. The molecule has 0 aliphatic carbocycles. The highest BCUT2D eigenvalue weighted by Gasteiger charge is 2.25. The zero-order valence-corrected chi connectivity index (χ0v) is 12.3. The lowest BCUT2D eigenvalue weighted by molar-refractivity contribution is -0.131. The normalized spacial score (nSPS) is 15.6. The highest BCUT2D eigenvalue weighted by atomic mass is 16.5. The molecule has 2 rings (SSSR count). The van der Waals surface area contributed by atoms with Crippen molar-refractivity contribution in [3.8, 4) is 5.75 Å². The van der Waals surface area contributed by atoms with E-state index >= 15 is 0 Å². The van der Waals surface area contributed by atoms with E-state index < -0.39 is 5.97 Å². The van der Waals surface area contributed by atoms with E-state index in [-0.39, 0.29) is 17.6 Å². The van der Waals surface area contributed by atoms with Gasteiger partial charge in [-0.15, -0.1) is 0 Å². The van der Waals surface area contributed by atoms with Crippen LogP contribution in [-0.2, 0) is 9.59 Å². The molecule has 0 spiro atoms. The number of likely N-dealkylation sites (tertiary alicyclic amines) is 1. The quantitative estimate of drug-likeness (QED) is 0.631. The molecule has 1 amide bonds. The van der Waals surface area contributed by atoms with Gasteiger partial charge < -0.3 is 9.64 Å². The number of carbonyl (C=O) groups is 3. The lowest BCUT2D eigenvalue weighted by Gasteiger charge is -2.31. The van der Waals surface area contributed by atoms with E-state index in [2.05, 4.69) is 0 Å². The Kier molecular flexibility index (Phi) is 4.73. The van der Waals surface area contributed by atoms with Gasteiger partial charge in [0.15, 0.2) is 0 Å². The molecular weight excluding hydrogens is 270 g/mol. The molecule has 1 aromatic rings. The molecule has 1 saturated heterocycles. The minimum atomic E-state index is -0.415. The molecule has 21 heavy (non-hydrogen) atoms. The SMILES string of the molecule is CC(=O)Oc1cccc(C(=O)N2CCC(C(C)=O)CC2)c1. The summed E-state index contributed by atoms with van der Waals surface area (Å²) in [4.78, 5) is 36.4. The lowest BCUT2D eigenvalue weighted by Crippen LogP contribution is -2.39. The van der Waals surface area contributed by atoms with Gasteiger partial charge >= 0.3 is 5.97 Å². The van der Waals surface area contributed by atoms with Crippen molar-refractivity contribution < 1.29 is 19.1 Å². The Labute approximate surface area is 123 Å². The maximum Gasteiger partial charge on any atom is 0.308 e. The Bertz CT molecular complexity index is 559. The molecule has 0 aromatic heterocycles. The maximum absolute atomic E-state index is 12.4. The first-order chi connectivity index (χ1) is 9.97. The van der Waals surface area contributed by atoms with Crippen LogP contribution in [0.5, 0.6) is 5.75 Å². The molecule has 0 radical (unpaired) electrons. The van der Waals surface area contributed by atoms with Crippen LogP contribution in [0.15, 0.2) is 24.3 Å². The number of hydrogen-bond acceptors (Lipinski definition) is 4. The highest BCUT2D eigenvalue weighted by molar-refractivity contribution is 5.95. The number of nitrogens with zero attached hydrogens (tertiary/aromatic N) is 1. The van der Waals surface area contributed by atoms with E-state index in [1.807, 2.05) is 0 Å². The predicted octanol–water partition coefficient (Wildman–Crippen LogP) is 2.05. The average molecular weight is 289 g/mol. The second-order valence-electron chi connectivity index (χ2n) is 5.30. The summed E-state index contributed by atoms with van der Waals surface area (Å²) in [6, 6.07) is 6.60. The summed E-state index contributed by atoms with van der Waals surface area (Å²) in [7, 11) is 0. The molecule has 1 heterocycles. The third-order valence-corrected chi connectivity index (χ3v) is 3.70. The minimum Gasteiger partial charge on any atom is -0.427 e. The number of amides is 1. The Morgan fingerprint density at radius 1 is 1.14 bits per heavy atom. The van der Waals surface area contributed by atoms with Crippen molar-refractivity contribution in [2.24, 2.45) is 5.92 Å². The van der Waals surface area contributed by atoms with Crippen LogP contribution < -0.4 is 4.74 Å². The van der Waals surface area contributed by atoms with Gasteiger partial charge in [-0.1, -0.05) is 6.07 Å². The molecule has 5 nitrogen and oxygen atoms in total. The molecule has 0 N–H and O–H groups in total. The van der Waals surface area contributed by atoms with Gasteiger partial charge in [-0.3, -0.25) is 14.4 Å². The van der Waals surface area contributed by atoms with Gasteiger partial charge in [0.25, 0.3) is 5.91 Å². The van der Waals surface area contributed by atoms with Crippen molar-refractivity contribution in [3.63, 3.8) is 0 Å². The van der Waals surface area contributed by atoms with Crippen LogP contribution in [0.1, 0.15) is 37.0 Å². The lowest BCUT2D eigenvalue weighted by atomic mass is 9.93. The number of esters is 1. The molecular formula is C16H19NO4. The Hall–Kier alpha value is -2.17. The molecule has 1 aromatic carbocycles. The highest BCUT2D eigenvalue weighted by Crippen LogP contribution is 2.21. The topological polar surface area (TPSA) is 63.7 Å². The monoisotopic (exact) mass is 289 g/mol. The van der Waals surface area contributed by atoms with Crippen molar-refractivity contribution in [1.82, 2.24) is 4.90 Å². The summed E-state index contributed by atoms with van der Waals surface area (Å²) in [6.45, 7) is 4.09. The van der Waals surface area contributed by atoms with Crippen molar-refractivity contribution in [1.29, 1.82) is 0 Å². The second-order valence-corrected chi connectivity index (χ2v) is 5.30. The first-order valence-corrected chi connectivity index (χ1v) is 7.05. The zero-order valence-electron chi connectivity index (χ0n) is 12.3. The van der Waals surface area contributed by atoms with Crippen LogP contribution in [0.2, 0.25) is 0 Å². The Morgan fingerprint density at radius 2 is 1.81 bits per heavy atom. The van der Waals surface area contributed by atoms with Crippen LogP contribution >= 0.6 is 0 Å². The average Bonchev–Trinajstić information content (AvgIpc) is 2.46. The molecule has 5 heteroatoms. The van der Waals surface area contributed by atoms with E-state index in [0.717, 1.165) is 0 Å². The van der Waals surface area contributed by atoms with E-state index in [1.165, 1.54) is 6.92 Å². The molecule has 0 saturated carbocycles. The fourth-order valence-corrected chi connectivity index (χ4v) is 2.53. The molecule has 112 valence electrons. The zero-order chi connectivity index (χ0) is 15.4. The van der Waals surface area contributed by atoms with Gasteiger partial charge in [-0.25, -0.2) is 0 Å². The number of carbonyl (C=O) groups excluding carboxylic acids is 3. The van der Waals surface area contributed by atoms with E-state index in [4.69, 9.17) is 4.74 Å². The van der Waals surface area contributed by atoms with Crippen molar-refractivity contribution in [3.05, 3.63) is 29.8 Å². The molecule has 1 aliphatic heterocycles. The van der Waals surface area contributed by atoms with Crippen molar-refractivity contribution in [2.45, 2.75) is 26.7 Å². The van der Waals surface area contributed by atoms with Gasteiger partial charge in [-0.05, 0) is 38.0 Å². The van der Waals surface area contributed by atoms with Crippen LogP contribution in [-0.4, -0.2) is 35.6 Å². The smallest absolute Gasteiger partial charge is 0.308 e. The number of Topliss-reactive ketones (excluding diaryl/α,β-unsaturated/α-hetero) is 1. The van der Waals surface area contributed by atoms with Crippen molar-refractivity contribution >= 4 is 17.7 Å². The first-order valence-electron chi connectivity index (χ1n) is 7.05. The molecule has 0 atom stereocenters. The van der Waals surface area contributed by atoms with Gasteiger partial charge in [0, 0.05) is 31.5 Å². The first kappa shape index (κ1) is 15.2.